The molecule has 0 saturated carbocycles. The molecule has 0 aliphatic rings. The molecule has 1 unspecified atom stereocenters. The minimum absolute atomic E-state index is 0.0956. The van der Waals surface area contributed by atoms with E-state index in [1.165, 1.54) is 12.0 Å². The van der Waals surface area contributed by atoms with Crippen LogP contribution in [0.25, 0.3) is 0 Å². The van der Waals surface area contributed by atoms with Crippen molar-refractivity contribution in [2.24, 2.45) is 5.92 Å². The highest BCUT2D eigenvalue weighted by molar-refractivity contribution is 4.92. The van der Waals surface area contributed by atoms with Crippen LogP contribution in [0.5, 0.6) is 0 Å². The molecule has 0 aromatic rings. The number of hydrogen-bond donors (Lipinski definition) is 1. The molecule has 0 spiro atoms. The fourth-order valence-electron chi connectivity index (χ4n) is 1.41. The Labute approximate surface area is 82.9 Å². The Kier molecular flexibility index (Phi) is 6.97. The van der Waals surface area contributed by atoms with Gasteiger partial charge in [-0.3, -0.25) is 0 Å². The summed E-state index contributed by atoms with van der Waals surface area (Å²) < 4.78 is 0. The highest BCUT2D eigenvalue weighted by atomic mass is 16.3. The molecule has 13 heavy (non-hydrogen) atoms. The van der Waals surface area contributed by atoms with E-state index in [2.05, 4.69) is 26.8 Å². The van der Waals surface area contributed by atoms with Crippen molar-refractivity contribution >= 4 is 0 Å². The second-order valence-corrected chi connectivity index (χ2v) is 4.26. The standard InChI is InChI=1S/C12H24O/c1-5-12(13)9-11(4)8-6-7-10(2)3/h7,11-13H,5-6,8-9H2,1-4H3/t11-,12?/m1/s1. The summed E-state index contributed by atoms with van der Waals surface area (Å²) in [7, 11) is 0. The zero-order valence-electron chi connectivity index (χ0n) is 9.51. The average molecular weight is 184 g/mol. The first-order valence-corrected chi connectivity index (χ1v) is 5.37. The normalized spacial score (nSPS) is 15.2. The highest BCUT2D eigenvalue weighted by Gasteiger charge is 2.07. The van der Waals surface area contributed by atoms with E-state index in [-0.39, 0.29) is 6.10 Å². The Morgan fingerprint density at radius 1 is 1.38 bits per heavy atom. The molecule has 0 bridgehead atoms. The van der Waals surface area contributed by atoms with Gasteiger partial charge in [0, 0.05) is 0 Å². The summed E-state index contributed by atoms with van der Waals surface area (Å²) in [4.78, 5) is 0. The van der Waals surface area contributed by atoms with E-state index < -0.39 is 0 Å². The minimum atomic E-state index is -0.0956. The van der Waals surface area contributed by atoms with E-state index in [0.717, 1.165) is 19.3 Å². The molecule has 1 N–H and O–H groups in total. The fraction of sp³-hybridized carbons (Fsp3) is 0.833. The molecular formula is C12H24O. The second-order valence-electron chi connectivity index (χ2n) is 4.26. The Morgan fingerprint density at radius 2 is 2.00 bits per heavy atom. The van der Waals surface area contributed by atoms with Gasteiger partial charge in [-0.2, -0.15) is 0 Å². The van der Waals surface area contributed by atoms with E-state index in [9.17, 15) is 5.11 Å². The van der Waals surface area contributed by atoms with Crippen LogP contribution < -0.4 is 0 Å². The van der Waals surface area contributed by atoms with Crippen LogP contribution in [0.15, 0.2) is 11.6 Å². The second kappa shape index (κ2) is 7.14. The maximum atomic E-state index is 9.42. The molecule has 1 nitrogen and oxygen atoms in total. The first-order chi connectivity index (χ1) is 6.06. The van der Waals surface area contributed by atoms with Crippen LogP contribution in [-0.2, 0) is 0 Å². The summed E-state index contributed by atoms with van der Waals surface area (Å²) in [5, 5.41) is 9.42. The largest absolute Gasteiger partial charge is 0.393 e. The number of aliphatic hydroxyl groups is 1. The highest BCUT2D eigenvalue weighted by Crippen LogP contribution is 2.15. The fourth-order valence-corrected chi connectivity index (χ4v) is 1.41. The zero-order chi connectivity index (χ0) is 10.3. The third kappa shape index (κ3) is 8.04. The average Bonchev–Trinajstić information content (AvgIpc) is 2.03. The zero-order valence-corrected chi connectivity index (χ0v) is 9.51. The quantitative estimate of drug-likeness (QED) is 0.626. The van der Waals surface area contributed by atoms with Crippen molar-refractivity contribution in [1.29, 1.82) is 0 Å². The first kappa shape index (κ1) is 12.7. The SMILES string of the molecule is CCC(O)C[C@H](C)CCC=C(C)C. The maximum absolute atomic E-state index is 9.42. The van der Waals surface area contributed by atoms with E-state index in [0.29, 0.717) is 5.92 Å². The molecule has 0 aromatic carbocycles. The lowest BCUT2D eigenvalue weighted by Gasteiger charge is -2.13. The van der Waals surface area contributed by atoms with Gasteiger partial charge in [0.2, 0.25) is 0 Å². The van der Waals surface area contributed by atoms with Crippen LogP contribution in [0.2, 0.25) is 0 Å². The molecule has 0 aliphatic carbocycles. The van der Waals surface area contributed by atoms with E-state index >= 15 is 0 Å². The predicted molar refractivity (Wildman–Crippen MR) is 58.7 cm³/mol. The van der Waals surface area contributed by atoms with Crippen molar-refractivity contribution in [2.45, 2.75) is 59.5 Å². The molecule has 0 aliphatic heterocycles. The van der Waals surface area contributed by atoms with Gasteiger partial charge in [-0.1, -0.05) is 25.5 Å². The molecule has 0 aromatic heterocycles. The predicted octanol–water partition coefficient (Wildman–Crippen LogP) is 3.53. The Hall–Kier alpha value is -0.300. The van der Waals surface area contributed by atoms with Crippen LogP contribution in [0.3, 0.4) is 0 Å². The Bertz CT molecular complexity index is 145. The van der Waals surface area contributed by atoms with Gasteiger partial charge in [-0.25, -0.2) is 0 Å². The van der Waals surface area contributed by atoms with Gasteiger partial charge >= 0.3 is 0 Å². The third-order valence-electron chi connectivity index (χ3n) is 2.36. The smallest absolute Gasteiger partial charge is 0.0540 e. The lowest BCUT2D eigenvalue weighted by Crippen LogP contribution is -2.09. The van der Waals surface area contributed by atoms with Crippen LogP contribution in [0, 0.1) is 5.92 Å². The molecular weight excluding hydrogens is 160 g/mol. The lowest BCUT2D eigenvalue weighted by molar-refractivity contribution is 0.139. The summed E-state index contributed by atoms with van der Waals surface area (Å²) in [6.45, 7) is 8.52. The first-order valence-electron chi connectivity index (χ1n) is 5.37. The summed E-state index contributed by atoms with van der Waals surface area (Å²) in [5.74, 6) is 0.644. The van der Waals surface area contributed by atoms with E-state index in [1.54, 1.807) is 0 Å². The molecule has 0 saturated heterocycles. The van der Waals surface area contributed by atoms with Gasteiger partial charge in [0.1, 0.15) is 0 Å². The van der Waals surface area contributed by atoms with Crippen LogP contribution in [0.1, 0.15) is 53.4 Å². The molecule has 0 rings (SSSR count). The molecule has 0 fully saturated rings. The molecule has 2 atom stereocenters. The van der Waals surface area contributed by atoms with Crippen molar-refractivity contribution in [3.05, 3.63) is 11.6 Å². The van der Waals surface area contributed by atoms with E-state index in [1.807, 2.05) is 6.92 Å². The van der Waals surface area contributed by atoms with E-state index in [4.69, 9.17) is 0 Å². The van der Waals surface area contributed by atoms with Crippen molar-refractivity contribution in [1.82, 2.24) is 0 Å². The third-order valence-corrected chi connectivity index (χ3v) is 2.36. The van der Waals surface area contributed by atoms with Crippen molar-refractivity contribution in [3.63, 3.8) is 0 Å². The monoisotopic (exact) mass is 184 g/mol. The summed E-state index contributed by atoms with van der Waals surface area (Å²) in [6.07, 6.45) is 6.36. The van der Waals surface area contributed by atoms with Crippen LogP contribution >= 0.6 is 0 Å². The minimum Gasteiger partial charge on any atom is -0.393 e. The number of aliphatic hydroxyl groups excluding tert-OH is 1. The van der Waals surface area contributed by atoms with Gasteiger partial charge in [0.05, 0.1) is 6.10 Å². The topological polar surface area (TPSA) is 20.2 Å². The van der Waals surface area contributed by atoms with Crippen LogP contribution in [0.4, 0.5) is 0 Å². The maximum Gasteiger partial charge on any atom is 0.0540 e. The number of allylic oxidation sites excluding steroid dienone is 2. The Morgan fingerprint density at radius 3 is 2.46 bits per heavy atom. The van der Waals surface area contributed by atoms with Gasteiger partial charge in [0.25, 0.3) is 0 Å². The van der Waals surface area contributed by atoms with Gasteiger partial charge in [0.15, 0.2) is 0 Å². The van der Waals surface area contributed by atoms with Crippen LogP contribution in [-0.4, -0.2) is 11.2 Å². The van der Waals surface area contributed by atoms with Gasteiger partial charge in [-0.15, -0.1) is 0 Å². The summed E-state index contributed by atoms with van der Waals surface area (Å²) in [5.41, 5.74) is 1.39. The van der Waals surface area contributed by atoms with Gasteiger partial charge < -0.3 is 5.11 Å². The Balaban J connectivity index is 3.51. The number of hydrogen-bond acceptors (Lipinski definition) is 1. The molecule has 78 valence electrons. The van der Waals surface area contributed by atoms with Gasteiger partial charge in [-0.05, 0) is 45.4 Å². The molecule has 0 radical (unpaired) electrons. The summed E-state index contributed by atoms with van der Waals surface area (Å²) in [6, 6.07) is 0. The molecule has 1 heteroatoms. The summed E-state index contributed by atoms with van der Waals surface area (Å²) >= 11 is 0. The van der Waals surface area contributed by atoms with Crippen molar-refractivity contribution < 1.29 is 5.11 Å². The molecule has 0 heterocycles. The van der Waals surface area contributed by atoms with Crippen molar-refractivity contribution in [3.8, 4) is 0 Å². The molecule has 0 amide bonds. The number of rotatable bonds is 6. The van der Waals surface area contributed by atoms with Crippen molar-refractivity contribution in [2.75, 3.05) is 0 Å². The lowest BCUT2D eigenvalue weighted by atomic mass is 9.97.